The van der Waals surface area contributed by atoms with Crippen molar-refractivity contribution in [3.63, 3.8) is 0 Å². The number of aromatic nitrogens is 3. The molecule has 0 saturated heterocycles. The molecule has 0 spiro atoms. The minimum Gasteiger partial charge on any atom is -0.469 e. The van der Waals surface area contributed by atoms with Crippen LogP contribution in [0.25, 0.3) is 11.4 Å². The molecule has 0 aliphatic heterocycles. The number of hydrogen-bond donors (Lipinski definition) is 1. The van der Waals surface area contributed by atoms with E-state index in [-0.39, 0.29) is 37.4 Å². The van der Waals surface area contributed by atoms with Gasteiger partial charge in [0.05, 0.1) is 43.4 Å². The number of benzene rings is 1. The van der Waals surface area contributed by atoms with E-state index in [4.69, 9.17) is 50.8 Å². The first-order chi connectivity index (χ1) is 12.8. The Bertz CT molecular complexity index is 992. The van der Waals surface area contributed by atoms with Gasteiger partial charge in [0.1, 0.15) is 5.76 Å². The van der Waals surface area contributed by atoms with Crippen molar-refractivity contribution >= 4 is 69.8 Å². The molecule has 11 heteroatoms. The van der Waals surface area contributed by atoms with Gasteiger partial charge in [-0.2, -0.15) is 0 Å². The third kappa shape index (κ3) is 4.22. The van der Waals surface area contributed by atoms with Gasteiger partial charge in [0.15, 0.2) is 11.0 Å². The van der Waals surface area contributed by atoms with Gasteiger partial charge in [0, 0.05) is 7.05 Å². The van der Waals surface area contributed by atoms with Crippen molar-refractivity contribution < 1.29 is 9.21 Å². The fraction of sp³-hybridized carbons (Fsp3) is 0.188. The number of amides is 1. The minimum absolute atomic E-state index is 0.0626. The molecule has 0 bridgehead atoms. The van der Waals surface area contributed by atoms with E-state index in [1.807, 2.05) is 20.0 Å². The number of nitrogens with one attached hydrogen (secondary N) is 1. The van der Waals surface area contributed by atoms with Crippen molar-refractivity contribution in [2.45, 2.75) is 12.1 Å². The molecular weight excluding hydrogens is 454 g/mol. The minimum atomic E-state index is -0.342. The van der Waals surface area contributed by atoms with Gasteiger partial charge in [-0.3, -0.25) is 4.79 Å². The molecule has 0 radical (unpaired) electrons. The molecule has 1 amide bonds. The molecule has 0 unspecified atom stereocenters. The van der Waals surface area contributed by atoms with Gasteiger partial charge in [0.25, 0.3) is 0 Å². The second kappa shape index (κ2) is 8.32. The molecule has 0 atom stereocenters. The number of aryl methyl sites for hydroxylation is 1. The highest BCUT2D eigenvalue weighted by Gasteiger charge is 2.18. The Morgan fingerprint density at radius 1 is 1.22 bits per heavy atom. The summed E-state index contributed by atoms with van der Waals surface area (Å²) in [6, 6.07) is 3.23. The fourth-order valence-electron chi connectivity index (χ4n) is 2.28. The quantitative estimate of drug-likeness (QED) is 0.384. The van der Waals surface area contributed by atoms with Crippen molar-refractivity contribution in [3.8, 4) is 11.4 Å². The topological polar surface area (TPSA) is 72.9 Å². The summed E-state index contributed by atoms with van der Waals surface area (Å²) < 4.78 is 7.07. The average Bonchev–Trinajstić information content (AvgIpc) is 3.20. The lowest BCUT2D eigenvalue weighted by atomic mass is 10.2. The number of furan rings is 1. The van der Waals surface area contributed by atoms with Gasteiger partial charge in [-0.15, -0.1) is 10.2 Å². The maximum atomic E-state index is 12.3. The number of nitrogens with zero attached hydrogens (tertiary/aromatic N) is 3. The highest BCUT2D eigenvalue weighted by atomic mass is 35.5. The van der Waals surface area contributed by atoms with Crippen LogP contribution in [-0.2, 0) is 11.8 Å². The highest BCUT2D eigenvalue weighted by Crippen LogP contribution is 2.41. The second-order valence-corrected chi connectivity index (χ2v) is 7.95. The van der Waals surface area contributed by atoms with Crippen LogP contribution in [0.1, 0.15) is 5.76 Å². The van der Waals surface area contributed by atoms with Crippen LogP contribution in [0.4, 0.5) is 5.69 Å². The number of rotatable bonds is 5. The van der Waals surface area contributed by atoms with Crippen LogP contribution in [0.15, 0.2) is 28.0 Å². The predicted octanol–water partition coefficient (Wildman–Crippen LogP) is 5.73. The van der Waals surface area contributed by atoms with Gasteiger partial charge < -0.3 is 14.3 Å². The van der Waals surface area contributed by atoms with Gasteiger partial charge in [-0.25, -0.2) is 0 Å². The summed E-state index contributed by atoms with van der Waals surface area (Å²) in [6.07, 6.45) is 1.59. The van der Waals surface area contributed by atoms with Gasteiger partial charge >= 0.3 is 0 Å². The van der Waals surface area contributed by atoms with E-state index in [0.29, 0.717) is 11.0 Å². The molecule has 27 heavy (non-hydrogen) atoms. The first-order valence-corrected chi connectivity index (χ1v) is 9.98. The van der Waals surface area contributed by atoms with E-state index in [0.717, 1.165) is 11.3 Å². The Labute approximate surface area is 179 Å². The summed E-state index contributed by atoms with van der Waals surface area (Å²) in [5.41, 5.74) is 1.02. The maximum absolute atomic E-state index is 12.3. The van der Waals surface area contributed by atoms with Crippen molar-refractivity contribution in [3.05, 3.63) is 44.2 Å². The van der Waals surface area contributed by atoms with Crippen molar-refractivity contribution in [1.82, 2.24) is 14.8 Å². The van der Waals surface area contributed by atoms with Gasteiger partial charge in [-0.1, -0.05) is 58.2 Å². The van der Waals surface area contributed by atoms with E-state index in [1.165, 1.54) is 17.8 Å². The summed E-state index contributed by atoms with van der Waals surface area (Å²) in [4.78, 5) is 12.3. The monoisotopic (exact) mass is 464 g/mol. The van der Waals surface area contributed by atoms with Crippen LogP contribution in [0.3, 0.4) is 0 Å². The van der Waals surface area contributed by atoms with Crippen molar-refractivity contribution in [2.75, 3.05) is 11.1 Å². The van der Waals surface area contributed by atoms with E-state index in [1.54, 1.807) is 10.8 Å². The molecule has 1 N–H and O–H groups in total. The third-order valence-corrected chi connectivity index (χ3v) is 6.24. The van der Waals surface area contributed by atoms with Gasteiger partial charge in [0.2, 0.25) is 5.91 Å². The molecule has 1 aromatic carbocycles. The molecule has 6 nitrogen and oxygen atoms in total. The smallest absolute Gasteiger partial charge is 0.234 e. The lowest BCUT2D eigenvalue weighted by molar-refractivity contribution is -0.113. The molecule has 0 fully saturated rings. The lowest BCUT2D eigenvalue weighted by Gasteiger charge is -2.11. The standard InChI is InChI=1S/C16H12Cl4N4O2S/c1-7-8(3-4-26-7)15-22-23-16(24(15)2)27-6-11(25)21-14-12(19)9(17)5-10(18)13(14)20/h3-5H,6H2,1-2H3,(H,21,25). The zero-order chi connectivity index (χ0) is 19.7. The average molecular weight is 466 g/mol. The summed E-state index contributed by atoms with van der Waals surface area (Å²) in [7, 11) is 1.81. The van der Waals surface area contributed by atoms with E-state index < -0.39 is 0 Å². The number of carbonyl (C=O) groups is 1. The van der Waals surface area contributed by atoms with Crippen LogP contribution in [0.5, 0.6) is 0 Å². The SMILES string of the molecule is Cc1occc1-c1nnc(SCC(=O)Nc2c(Cl)c(Cl)cc(Cl)c2Cl)n1C. The van der Waals surface area contributed by atoms with Crippen LogP contribution in [0.2, 0.25) is 20.1 Å². The lowest BCUT2D eigenvalue weighted by Crippen LogP contribution is -2.15. The summed E-state index contributed by atoms with van der Waals surface area (Å²) in [6.45, 7) is 1.84. The fourth-order valence-corrected chi connectivity index (χ4v) is 3.90. The number of thioether (sulfide) groups is 1. The number of hydrogen-bond acceptors (Lipinski definition) is 5. The summed E-state index contributed by atoms with van der Waals surface area (Å²) in [5.74, 6) is 1.11. The molecule has 0 aliphatic rings. The first-order valence-electron chi connectivity index (χ1n) is 7.49. The Morgan fingerprint density at radius 3 is 2.48 bits per heavy atom. The molecule has 0 saturated carbocycles. The predicted molar refractivity (Wildman–Crippen MR) is 109 cm³/mol. The number of carbonyl (C=O) groups excluding carboxylic acids is 1. The Balaban J connectivity index is 1.71. The van der Waals surface area contributed by atoms with Gasteiger partial charge in [-0.05, 0) is 19.1 Å². The molecule has 142 valence electrons. The van der Waals surface area contributed by atoms with Crippen LogP contribution in [-0.4, -0.2) is 26.4 Å². The van der Waals surface area contributed by atoms with Crippen LogP contribution < -0.4 is 5.32 Å². The highest BCUT2D eigenvalue weighted by molar-refractivity contribution is 7.99. The summed E-state index contributed by atoms with van der Waals surface area (Å²) >= 11 is 25.4. The summed E-state index contributed by atoms with van der Waals surface area (Å²) in [5, 5.41) is 12.1. The molecule has 0 aliphatic carbocycles. The van der Waals surface area contributed by atoms with E-state index >= 15 is 0 Å². The Hall–Kier alpha value is -1.38. The largest absolute Gasteiger partial charge is 0.469 e. The third-order valence-electron chi connectivity index (χ3n) is 3.64. The zero-order valence-corrected chi connectivity index (χ0v) is 17.9. The molecule has 2 aromatic heterocycles. The van der Waals surface area contributed by atoms with E-state index in [2.05, 4.69) is 15.5 Å². The maximum Gasteiger partial charge on any atom is 0.234 e. The van der Waals surface area contributed by atoms with Crippen LogP contribution >= 0.6 is 58.2 Å². The second-order valence-electron chi connectivity index (χ2n) is 5.44. The first kappa shape index (κ1) is 20.4. The molecular formula is C16H12Cl4N4O2S. The zero-order valence-electron chi connectivity index (χ0n) is 14.0. The Kier molecular flexibility index (Phi) is 6.28. The van der Waals surface area contributed by atoms with Crippen molar-refractivity contribution in [1.29, 1.82) is 0 Å². The molecule has 3 rings (SSSR count). The number of halogens is 4. The van der Waals surface area contributed by atoms with E-state index in [9.17, 15) is 4.79 Å². The molecule has 3 aromatic rings. The van der Waals surface area contributed by atoms with Crippen LogP contribution in [0, 0.1) is 6.92 Å². The normalized spacial score (nSPS) is 11.0. The number of anilines is 1. The molecule has 2 heterocycles. The van der Waals surface area contributed by atoms with Crippen molar-refractivity contribution in [2.24, 2.45) is 7.05 Å². The Morgan fingerprint density at radius 2 is 1.89 bits per heavy atom.